The molecule has 0 atom stereocenters. The van der Waals surface area contributed by atoms with Crippen LogP contribution in [0.5, 0.6) is 0 Å². The normalized spacial score (nSPS) is 16.1. The van der Waals surface area contributed by atoms with Crippen molar-refractivity contribution >= 4 is 37.3 Å². The second kappa shape index (κ2) is 8.02. The van der Waals surface area contributed by atoms with E-state index >= 15 is 0 Å². The molecule has 6 nitrogen and oxygen atoms in total. The highest BCUT2D eigenvalue weighted by molar-refractivity contribution is 7.92. The molecule has 152 valence electrons. The number of hydrogen-bond donors (Lipinski definition) is 1. The van der Waals surface area contributed by atoms with Gasteiger partial charge in [-0.3, -0.25) is 4.72 Å². The third kappa shape index (κ3) is 4.35. The van der Waals surface area contributed by atoms with Crippen LogP contribution in [0, 0.1) is 13.8 Å². The summed E-state index contributed by atoms with van der Waals surface area (Å²) in [4.78, 5) is 0.0696. The summed E-state index contributed by atoms with van der Waals surface area (Å²) in [5.74, 6) is 0. The summed E-state index contributed by atoms with van der Waals surface area (Å²) >= 11 is 6.15. The molecule has 1 aliphatic heterocycles. The van der Waals surface area contributed by atoms with Crippen molar-refractivity contribution in [2.75, 3.05) is 17.8 Å². The van der Waals surface area contributed by atoms with E-state index in [0.717, 1.165) is 24.8 Å². The number of rotatable bonds is 5. The third-order valence-electron chi connectivity index (χ3n) is 4.75. The fourth-order valence-corrected chi connectivity index (χ4v) is 6.61. The van der Waals surface area contributed by atoms with Gasteiger partial charge in [0, 0.05) is 13.1 Å². The monoisotopic (exact) mass is 442 g/mol. The number of halogens is 1. The van der Waals surface area contributed by atoms with E-state index < -0.39 is 20.0 Å². The van der Waals surface area contributed by atoms with Crippen molar-refractivity contribution in [3.8, 4) is 0 Å². The number of aryl methyl sites for hydroxylation is 2. The van der Waals surface area contributed by atoms with Gasteiger partial charge in [-0.05, 0) is 62.1 Å². The number of nitrogens with zero attached hydrogens (tertiary/aromatic N) is 1. The summed E-state index contributed by atoms with van der Waals surface area (Å²) in [6.07, 6.45) is 2.60. The lowest BCUT2D eigenvalue weighted by atomic mass is 10.2. The van der Waals surface area contributed by atoms with Crippen LogP contribution >= 0.6 is 11.6 Å². The first-order chi connectivity index (χ1) is 13.1. The van der Waals surface area contributed by atoms with Crippen LogP contribution in [0.1, 0.15) is 30.4 Å². The van der Waals surface area contributed by atoms with Crippen LogP contribution in [0.25, 0.3) is 0 Å². The van der Waals surface area contributed by atoms with Crippen LogP contribution in [-0.2, 0) is 20.0 Å². The zero-order valence-electron chi connectivity index (χ0n) is 15.8. The predicted octanol–water partition coefficient (Wildman–Crippen LogP) is 3.93. The lowest BCUT2D eigenvalue weighted by Gasteiger charge is -2.26. The van der Waals surface area contributed by atoms with Gasteiger partial charge in [-0.2, -0.15) is 4.31 Å². The van der Waals surface area contributed by atoms with Crippen LogP contribution in [-0.4, -0.2) is 34.2 Å². The maximum absolute atomic E-state index is 13.0. The molecule has 2 aromatic rings. The summed E-state index contributed by atoms with van der Waals surface area (Å²) in [5, 5.41) is 0.0697. The molecule has 0 radical (unpaired) electrons. The maximum Gasteiger partial charge on any atom is 0.262 e. The summed E-state index contributed by atoms with van der Waals surface area (Å²) < 4.78 is 55.4. The molecule has 1 heterocycles. The second-order valence-electron chi connectivity index (χ2n) is 6.98. The lowest BCUT2D eigenvalue weighted by molar-refractivity contribution is 0.346. The van der Waals surface area contributed by atoms with Crippen molar-refractivity contribution in [1.82, 2.24) is 4.31 Å². The zero-order valence-corrected chi connectivity index (χ0v) is 18.2. The van der Waals surface area contributed by atoms with Gasteiger partial charge in [0.1, 0.15) is 4.90 Å². The fourth-order valence-electron chi connectivity index (χ4n) is 3.22. The standard InChI is InChI=1S/C19H23ClN2O4S2/c1-14-6-7-15(2)18(12-14)27(23,24)21-16-8-9-17(20)19(13-16)28(25,26)22-10-4-3-5-11-22/h6-9,12-13,21H,3-5,10-11H2,1-2H3. The summed E-state index contributed by atoms with van der Waals surface area (Å²) in [7, 11) is -7.65. The average molecular weight is 443 g/mol. The van der Waals surface area contributed by atoms with Crippen molar-refractivity contribution in [1.29, 1.82) is 0 Å². The molecule has 1 N–H and O–H groups in total. The molecule has 0 aromatic heterocycles. The Morgan fingerprint density at radius 2 is 1.57 bits per heavy atom. The van der Waals surface area contributed by atoms with E-state index in [2.05, 4.69) is 4.72 Å². The van der Waals surface area contributed by atoms with Gasteiger partial charge < -0.3 is 0 Å². The molecule has 0 unspecified atom stereocenters. The Bertz CT molecular complexity index is 1090. The Labute approximate surface area is 171 Å². The topological polar surface area (TPSA) is 83.5 Å². The quantitative estimate of drug-likeness (QED) is 0.760. The van der Waals surface area contributed by atoms with E-state index in [4.69, 9.17) is 11.6 Å². The van der Waals surface area contributed by atoms with Crippen LogP contribution in [0.15, 0.2) is 46.2 Å². The van der Waals surface area contributed by atoms with Crippen LogP contribution in [0.3, 0.4) is 0 Å². The Hall–Kier alpha value is -1.61. The lowest BCUT2D eigenvalue weighted by Crippen LogP contribution is -2.35. The Morgan fingerprint density at radius 3 is 2.25 bits per heavy atom. The smallest absolute Gasteiger partial charge is 0.262 e. The highest BCUT2D eigenvalue weighted by Crippen LogP contribution is 2.30. The number of sulfonamides is 2. The van der Waals surface area contributed by atoms with Crippen molar-refractivity contribution in [2.45, 2.75) is 42.9 Å². The molecule has 28 heavy (non-hydrogen) atoms. The molecular weight excluding hydrogens is 420 g/mol. The first-order valence-electron chi connectivity index (χ1n) is 9.01. The van der Waals surface area contributed by atoms with Crippen LogP contribution < -0.4 is 4.72 Å². The summed E-state index contributed by atoms with van der Waals surface area (Å²) in [6.45, 7) is 4.40. The van der Waals surface area contributed by atoms with E-state index in [0.29, 0.717) is 18.7 Å². The number of anilines is 1. The SMILES string of the molecule is Cc1ccc(C)c(S(=O)(=O)Nc2ccc(Cl)c(S(=O)(=O)N3CCCCC3)c2)c1. The van der Waals surface area contributed by atoms with Crippen molar-refractivity contribution in [3.63, 3.8) is 0 Å². The van der Waals surface area contributed by atoms with Gasteiger partial charge in [0.25, 0.3) is 10.0 Å². The van der Waals surface area contributed by atoms with Gasteiger partial charge in [-0.15, -0.1) is 0 Å². The molecule has 1 saturated heterocycles. The molecule has 3 rings (SSSR count). The van der Waals surface area contributed by atoms with Crippen molar-refractivity contribution in [2.24, 2.45) is 0 Å². The first kappa shape index (κ1) is 21.1. The van der Waals surface area contributed by atoms with Crippen LogP contribution in [0.2, 0.25) is 5.02 Å². The molecule has 0 saturated carbocycles. The summed E-state index contributed by atoms with van der Waals surface area (Å²) in [6, 6.07) is 9.30. The van der Waals surface area contributed by atoms with Gasteiger partial charge in [0.2, 0.25) is 10.0 Å². The number of nitrogens with one attached hydrogen (secondary N) is 1. The number of hydrogen-bond acceptors (Lipinski definition) is 4. The van der Waals surface area contributed by atoms with Gasteiger partial charge in [0.15, 0.2) is 0 Å². The molecule has 2 aromatic carbocycles. The first-order valence-corrected chi connectivity index (χ1v) is 12.3. The van der Waals surface area contributed by atoms with Gasteiger partial charge >= 0.3 is 0 Å². The van der Waals surface area contributed by atoms with Gasteiger partial charge in [-0.25, -0.2) is 16.8 Å². The average Bonchev–Trinajstić information content (AvgIpc) is 2.65. The highest BCUT2D eigenvalue weighted by Gasteiger charge is 2.28. The molecule has 0 spiro atoms. The molecule has 1 fully saturated rings. The van der Waals surface area contributed by atoms with Gasteiger partial charge in [0.05, 0.1) is 15.6 Å². The second-order valence-corrected chi connectivity index (χ2v) is 10.9. The Morgan fingerprint density at radius 1 is 0.893 bits per heavy atom. The van der Waals surface area contributed by atoms with E-state index in [-0.39, 0.29) is 20.5 Å². The third-order valence-corrected chi connectivity index (χ3v) is 8.65. The van der Waals surface area contributed by atoms with E-state index in [1.54, 1.807) is 19.1 Å². The van der Waals surface area contributed by atoms with Crippen molar-refractivity contribution < 1.29 is 16.8 Å². The molecule has 0 amide bonds. The summed E-state index contributed by atoms with van der Waals surface area (Å²) in [5.41, 5.74) is 1.57. The van der Waals surface area contributed by atoms with E-state index in [1.807, 2.05) is 13.0 Å². The number of benzene rings is 2. The predicted molar refractivity (Wildman–Crippen MR) is 111 cm³/mol. The van der Waals surface area contributed by atoms with E-state index in [1.165, 1.54) is 22.5 Å². The van der Waals surface area contributed by atoms with Crippen LogP contribution in [0.4, 0.5) is 5.69 Å². The Balaban J connectivity index is 1.96. The molecule has 0 aliphatic carbocycles. The fraction of sp³-hybridized carbons (Fsp3) is 0.368. The largest absolute Gasteiger partial charge is 0.280 e. The minimum Gasteiger partial charge on any atom is -0.280 e. The molecule has 9 heteroatoms. The minimum atomic E-state index is -3.87. The maximum atomic E-state index is 13.0. The molecule has 0 bridgehead atoms. The Kier molecular flexibility index (Phi) is 6.05. The highest BCUT2D eigenvalue weighted by atomic mass is 35.5. The molecule has 1 aliphatic rings. The van der Waals surface area contributed by atoms with E-state index in [9.17, 15) is 16.8 Å². The van der Waals surface area contributed by atoms with Gasteiger partial charge in [-0.1, -0.05) is 30.2 Å². The number of piperidine rings is 1. The molecular formula is C19H23ClN2O4S2. The minimum absolute atomic E-state index is 0.0697. The zero-order chi connectivity index (χ0) is 20.5. The van der Waals surface area contributed by atoms with Crippen molar-refractivity contribution in [3.05, 3.63) is 52.5 Å².